The number of aromatic nitrogens is 4. The lowest BCUT2D eigenvalue weighted by Crippen LogP contribution is -2.17. The molecule has 0 amide bonds. The van der Waals surface area contributed by atoms with Crippen LogP contribution in [0, 0.1) is 12.3 Å². The second-order valence-corrected chi connectivity index (χ2v) is 2.72. The monoisotopic (exact) mass is 163 g/mol. The fourth-order valence-corrected chi connectivity index (χ4v) is 1.11. The number of nitrogens with zero attached hydrogens (tertiary/aromatic N) is 3. The zero-order valence-electron chi connectivity index (χ0n) is 6.92. The first kappa shape index (κ1) is 7.02. The third kappa shape index (κ3) is 0.827. The van der Waals surface area contributed by atoms with Gasteiger partial charge in [-0.05, 0) is 6.92 Å². The summed E-state index contributed by atoms with van der Waals surface area (Å²) in [6.07, 6.45) is 1.59. The van der Waals surface area contributed by atoms with Gasteiger partial charge in [0.15, 0.2) is 11.1 Å². The van der Waals surface area contributed by atoms with Crippen molar-refractivity contribution in [2.45, 2.75) is 6.92 Å². The Labute approximate surface area is 68.6 Å². The lowest BCUT2D eigenvalue weighted by molar-refractivity contribution is 0.802. The van der Waals surface area contributed by atoms with Gasteiger partial charge in [0.1, 0.15) is 11.3 Å². The minimum atomic E-state index is 0.403. The highest BCUT2D eigenvalue weighted by Crippen LogP contribution is 2.00. The van der Waals surface area contributed by atoms with Gasteiger partial charge < -0.3 is 9.55 Å². The first-order chi connectivity index (χ1) is 5.68. The van der Waals surface area contributed by atoms with Gasteiger partial charge in [-0.25, -0.2) is 9.97 Å². The summed E-state index contributed by atoms with van der Waals surface area (Å²) >= 11 is 0. The largest absolute Gasteiger partial charge is 0.338 e. The number of rotatable bonds is 0. The van der Waals surface area contributed by atoms with Gasteiger partial charge in [0.05, 0.1) is 6.33 Å². The highest BCUT2D eigenvalue weighted by Gasteiger charge is 2.02. The fraction of sp³-hybridized carbons (Fsp3) is 0.286. The van der Waals surface area contributed by atoms with E-state index in [1.165, 1.54) is 0 Å². The summed E-state index contributed by atoms with van der Waals surface area (Å²) in [7, 11) is 1.78. The van der Waals surface area contributed by atoms with E-state index in [9.17, 15) is 0 Å². The van der Waals surface area contributed by atoms with Crippen LogP contribution in [0.1, 0.15) is 5.82 Å². The van der Waals surface area contributed by atoms with Gasteiger partial charge in [0.25, 0.3) is 0 Å². The summed E-state index contributed by atoms with van der Waals surface area (Å²) < 4.78 is 1.64. The first-order valence-electron chi connectivity index (χ1n) is 3.61. The molecule has 62 valence electrons. The Morgan fingerprint density at radius 1 is 1.58 bits per heavy atom. The van der Waals surface area contributed by atoms with Crippen LogP contribution in [0.15, 0.2) is 6.33 Å². The summed E-state index contributed by atoms with van der Waals surface area (Å²) in [5, 5.41) is 7.65. The molecule has 2 heterocycles. The van der Waals surface area contributed by atoms with E-state index in [1.807, 2.05) is 6.92 Å². The van der Waals surface area contributed by atoms with Crippen molar-refractivity contribution in [3.63, 3.8) is 0 Å². The quantitative estimate of drug-likeness (QED) is 0.577. The molecule has 0 radical (unpaired) electrons. The molecule has 0 aliphatic rings. The Bertz CT molecular complexity index is 478. The van der Waals surface area contributed by atoms with Crippen LogP contribution >= 0.6 is 0 Å². The Morgan fingerprint density at radius 2 is 2.33 bits per heavy atom. The van der Waals surface area contributed by atoms with Crippen molar-refractivity contribution < 1.29 is 0 Å². The second kappa shape index (κ2) is 2.17. The van der Waals surface area contributed by atoms with Crippen molar-refractivity contribution in [3.05, 3.63) is 17.6 Å². The molecule has 0 saturated heterocycles. The highest BCUT2D eigenvalue weighted by molar-refractivity contribution is 5.68. The highest BCUT2D eigenvalue weighted by atomic mass is 15.1. The normalized spacial score (nSPS) is 10.8. The first-order valence-corrected chi connectivity index (χ1v) is 3.61. The maximum absolute atomic E-state index is 7.65. The van der Waals surface area contributed by atoms with E-state index in [-0.39, 0.29) is 0 Å². The van der Waals surface area contributed by atoms with E-state index in [1.54, 1.807) is 17.9 Å². The van der Waals surface area contributed by atoms with Crippen LogP contribution in [0.3, 0.4) is 0 Å². The molecule has 0 unspecified atom stereocenters. The molecule has 0 atom stereocenters. The van der Waals surface area contributed by atoms with Crippen LogP contribution in [0.2, 0.25) is 0 Å². The molecule has 2 rings (SSSR count). The molecule has 0 bridgehead atoms. The number of hydrogen-bond donors (Lipinski definition) is 2. The minimum Gasteiger partial charge on any atom is -0.338 e. The number of hydrogen-bond acceptors (Lipinski definition) is 3. The SMILES string of the molecule is Cc1nc2ncn(C)c(=N)c2[nH]1. The average molecular weight is 163 g/mol. The Balaban J connectivity index is 2.99. The number of fused-ring (bicyclic) bond motifs is 1. The van der Waals surface area contributed by atoms with E-state index in [0.29, 0.717) is 16.7 Å². The molecule has 0 aliphatic carbocycles. The Morgan fingerprint density at radius 3 is 3.08 bits per heavy atom. The van der Waals surface area contributed by atoms with E-state index in [4.69, 9.17) is 5.41 Å². The van der Waals surface area contributed by atoms with Gasteiger partial charge in [-0.15, -0.1) is 0 Å². The molecule has 0 saturated carbocycles. The van der Waals surface area contributed by atoms with Crippen molar-refractivity contribution >= 4 is 11.2 Å². The third-order valence-corrected chi connectivity index (χ3v) is 1.75. The molecule has 0 spiro atoms. The Kier molecular flexibility index (Phi) is 1.27. The lowest BCUT2D eigenvalue weighted by atomic mass is 10.5. The molecular weight excluding hydrogens is 154 g/mol. The topological polar surface area (TPSA) is 70.3 Å². The molecule has 2 aromatic rings. The zero-order valence-corrected chi connectivity index (χ0v) is 6.92. The molecule has 0 fully saturated rings. The van der Waals surface area contributed by atoms with Gasteiger partial charge in [-0.3, -0.25) is 5.41 Å². The molecule has 2 N–H and O–H groups in total. The summed E-state index contributed by atoms with van der Waals surface area (Å²) in [6, 6.07) is 0. The van der Waals surface area contributed by atoms with Gasteiger partial charge in [0, 0.05) is 7.05 Å². The summed E-state index contributed by atoms with van der Waals surface area (Å²) in [4.78, 5) is 11.2. The third-order valence-electron chi connectivity index (χ3n) is 1.75. The smallest absolute Gasteiger partial charge is 0.182 e. The van der Waals surface area contributed by atoms with Crippen LogP contribution in [0.4, 0.5) is 0 Å². The van der Waals surface area contributed by atoms with Crippen LogP contribution in [0.5, 0.6) is 0 Å². The van der Waals surface area contributed by atoms with Crippen LogP contribution in [-0.2, 0) is 7.05 Å². The van der Waals surface area contributed by atoms with Crippen LogP contribution < -0.4 is 5.49 Å². The number of aromatic amines is 1. The predicted molar refractivity (Wildman–Crippen MR) is 43.5 cm³/mol. The van der Waals surface area contributed by atoms with Crippen molar-refractivity contribution in [3.8, 4) is 0 Å². The standard InChI is InChI=1S/C7H9N5/c1-4-10-5-6(8)12(2)3-9-7(5)11-4/h3,8H,1-2H3,(H,10,11). The van der Waals surface area contributed by atoms with Crippen LogP contribution in [0.25, 0.3) is 11.2 Å². The lowest BCUT2D eigenvalue weighted by Gasteiger charge is -1.95. The number of nitrogens with one attached hydrogen (secondary N) is 2. The summed E-state index contributed by atoms with van der Waals surface area (Å²) in [5.41, 5.74) is 1.70. The van der Waals surface area contributed by atoms with Crippen molar-refractivity contribution in [2.24, 2.45) is 7.05 Å². The molecule has 5 nitrogen and oxygen atoms in total. The molecule has 0 aromatic carbocycles. The molecular formula is C7H9N5. The maximum atomic E-state index is 7.65. The zero-order chi connectivity index (χ0) is 8.72. The fourth-order valence-electron chi connectivity index (χ4n) is 1.11. The van der Waals surface area contributed by atoms with Crippen molar-refractivity contribution in [2.75, 3.05) is 0 Å². The molecule has 2 aromatic heterocycles. The number of H-pyrrole nitrogens is 1. The van der Waals surface area contributed by atoms with E-state index in [2.05, 4.69) is 15.0 Å². The maximum Gasteiger partial charge on any atom is 0.182 e. The van der Waals surface area contributed by atoms with E-state index < -0.39 is 0 Å². The van der Waals surface area contributed by atoms with Gasteiger partial charge in [0.2, 0.25) is 0 Å². The van der Waals surface area contributed by atoms with E-state index >= 15 is 0 Å². The number of aryl methyl sites for hydroxylation is 2. The van der Waals surface area contributed by atoms with Crippen molar-refractivity contribution in [1.82, 2.24) is 19.5 Å². The van der Waals surface area contributed by atoms with Crippen molar-refractivity contribution in [1.29, 1.82) is 5.41 Å². The summed E-state index contributed by atoms with van der Waals surface area (Å²) in [5.74, 6) is 0.789. The molecule has 12 heavy (non-hydrogen) atoms. The summed E-state index contributed by atoms with van der Waals surface area (Å²) in [6.45, 7) is 1.85. The second-order valence-electron chi connectivity index (χ2n) is 2.72. The van der Waals surface area contributed by atoms with Gasteiger partial charge in [-0.2, -0.15) is 0 Å². The predicted octanol–water partition coefficient (Wildman–Crippen LogP) is 0.0843. The Hall–Kier alpha value is -1.65. The van der Waals surface area contributed by atoms with Gasteiger partial charge in [-0.1, -0.05) is 0 Å². The number of imidazole rings is 1. The average Bonchev–Trinajstić information content (AvgIpc) is 2.39. The van der Waals surface area contributed by atoms with Crippen LogP contribution in [-0.4, -0.2) is 19.5 Å². The van der Waals surface area contributed by atoms with E-state index in [0.717, 1.165) is 5.82 Å². The molecule has 0 aliphatic heterocycles. The van der Waals surface area contributed by atoms with Gasteiger partial charge >= 0.3 is 0 Å². The minimum absolute atomic E-state index is 0.403. The molecule has 5 heteroatoms.